The average molecular weight is 207 g/mol. The maximum absolute atomic E-state index is 11.8. The van der Waals surface area contributed by atoms with Gasteiger partial charge in [-0.15, -0.1) is 0 Å². The van der Waals surface area contributed by atoms with Crippen LogP contribution in [0, 0.1) is 0 Å². The molecular weight excluding hydrogens is 188 g/mol. The summed E-state index contributed by atoms with van der Waals surface area (Å²) in [5.74, 6) is 0. The van der Waals surface area contributed by atoms with E-state index in [9.17, 15) is 8.78 Å². The molecule has 84 valence electrons. The van der Waals surface area contributed by atoms with Gasteiger partial charge in [-0.25, -0.2) is 8.78 Å². The first-order valence-corrected chi connectivity index (χ1v) is 5.38. The van der Waals surface area contributed by atoms with Gasteiger partial charge in [-0.1, -0.05) is 12.8 Å². The van der Waals surface area contributed by atoms with Crippen LogP contribution >= 0.6 is 0 Å². The monoisotopic (exact) mass is 207 g/mol. The van der Waals surface area contributed by atoms with E-state index in [2.05, 4.69) is 5.32 Å². The standard InChI is InChI=1S/C10H19F2NO/c11-10(12)5-7-14-8-9-4-2-1-3-6-13-9/h9-10,13H,1-8H2. The van der Waals surface area contributed by atoms with Crippen molar-refractivity contribution in [1.29, 1.82) is 0 Å². The summed E-state index contributed by atoms with van der Waals surface area (Å²) in [6.07, 6.45) is 2.42. The molecule has 0 radical (unpaired) electrons. The molecule has 2 nitrogen and oxygen atoms in total. The maximum atomic E-state index is 11.8. The lowest BCUT2D eigenvalue weighted by Crippen LogP contribution is -2.32. The zero-order valence-corrected chi connectivity index (χ0v) is 8.48. The van der Waals surface area contributed by atoms with Crippen LogP contribution in [0.3, 0.4) is 0 Å². The summed E-state index contributed by atoms with van der Waals surface area (Å²) in [6.45, 7) is 1.78. The minimum Gasteiger partial charge on any atom is -0.380 e. The van der Waals surface area contributed by atoms with E-state index in [1.165, 1.54) is 19.3 Å². The van der Waals surface area contributed by atoms with Gasteiger partial charge in [0.2, 0.25) is 6.43 Å². The number of hydrogen-bond acceptors (Lipinski definition) is 2. The summed E-state index contributed by atoms with van der Waals surface area (Å²) in [5.41, 5.74) is 0. The first kappa shape index (κ1) is 11.9. The molecule has 1 aliphatic heterocycles. The number of ether oxygens (including phenoxy) is 1. The Morgan fingerprint density at radius 2 is 2.14 bits per heavy atom. The molecule has 0 aromatic carbocycles. The van der Waals surface area contributed by atoms with Gasteiger partial charge in [-0.05, 0) is 19.4 Å². The molecule has 1 rings (SSSR count). The van der Waals surface area contributed by atoms with Crippen molar-refractivity contribution in [3.8, 4) is 0 Å². The second-order valence-electron chi connectivity index (χ2n) is 3.76. The molecule has 0 aromatic rings. The molecule has 0 saturated carbocycles. The zero-order valence-electron chi connectivity index (χ0n) is 8.48. The molecule has 0 amide bonds. The second-order valence-corrected chi connectivity index (χ2v) is 3.76. The van der Waals surface area contributed by atoms with Crippen molar-refractivity contribution in [2.75, 3.05) is 19.8 Å². The van der Waals surface area contributed by atoms with Crippen LogP contribution in [-0.4, -0.2) is 32.2 Å². The van der Waals surface area contributed by atoms with Crippen LogP contribution in [0.5, 0.6) is 0 Å². The van der Waals surface area contributed by atoms with Gasteiger partial charge in [0, 0.05) is 12.5 Å². The molecule has 4 heteroatoms. The van der Waals surface area contributed by atoms with Crippen LogP contribution in [0.25, 0.3) is 0 Å². The Balaban J connectivity index is 1.99. The Kier molecular flexibility index (Phi) is 6.03. The summed E-state index contributed by atoms with van der Waals surface area (Å²) >= 11 is 0. The van der Waals surface area contributed by atoms with Crippen molar-refractivity contribution >= 4 is 0 Å². The lowest BCUT2D eigenvalue weighted by atomic mass is 10.1. The van der Waals surface area contributed by atoms with Gasteiger partial charge in [-0.3, -0.25) is 0 Å². The van der Waals surface area contributed by atoms with Crippen molar-refractivity contribution in [2.24, 2.45) is 0 Å². The number of rotatable bonds is 5. The summed E-state index contributed by atoms with van der Waals surface area (Å²) in [7, 11) is 0. The number of nitrogens with one attached hydrogen (secondary N) is 1. The van der Waals surface area contributed by atoms with Gasteiger partial charge >= 0.3 is 0 Å². The molecule has 1 atom stereocenters. The van der Waals surface area contributed by atoms with Crippen molar-refractivity contribution in [3.05, 3.63) is 0 Å². The molecule has 1 heterocycles. The van der Waals surface area contributed by atoms with Crippen LogP contribution in [0.2, 0.25) is 0 Å². The van der Waals surface area contributed by atoms with Crippen molar-refractivity contribution in [2.45, 2.75) is 44.6 Å². The molecule has 1 unspecified atom stereocenters. The fourth-order valence-corrected chi connectivity index (χ4v) is 1.64. The Hall–Kier alpha value is -0.220. The average Bonchev–Trinajstić information content (AvgIpc) is 2.40. The first-order valence-electron chi connectivity index (χ1n) is 5.38. The van der Waals surface area contributed by atoms with Crippen LogP contribution < -0.4 is 5.32 Å². The summed E-state index contributed by atoms with van der Waals surface area (Å²) in [5, 5.41) is 3.36. The third-order valence-electron chi connectivity index (χ3n) is 2.46. The van der Waals surface area contributed by atoms with Gasteiger partial charge in [0.05, 0.1) is 13.2 Å². The highest BCUT2D eigenvalue weighted by Gasteiger charge is 2.11. The second kappa shape index (κ2) is 7.12. The minimum absolute atomic E-state index is 0.146. The van der Waals surface area contributed by atoms with E-state index in [1.54, 1.807) is 0 Å². The molecule has 14 heavy (non-hydrogen) atoms. The Morgan fingerprint density at radius 1 is 1.29 bits per heavy atom. The zero-order chi connectivity index (χ0) is 10.2. The van der Waals surface area contributed by atoms with E-state index in [1.807, 2.05) is 0 Å². The van der Waals surface area contributed by atoms with Crippen LogP contribution in [0.15, 0.2) is 0 Å². The third-order valence-corrected chi connectivity index (χ3v) is 2.46. The number of alkyl halides is 2. The van der Waals surface area contributed by atoms with Crippen molar-refractivity contribution in [1.82, 2.24) is 5.32 Å². The fraction of sp³-hybridized carbons (Fsp3) is 1.00. The van der Waals surface area contributed by atoms with Crippen molar-refractivity contribution < 1.29 is 13.5 Å². The molecule has 0 spiro atoms. The van der Waals surface area contributed by atoms with Gasteiger partial charge in [0.1, 0.15) is 0 Å². The smallest absolute Gasteiger partial charge is 0.240 e. The maximum Gasteiger partial charge on any atom is 0.240 e. The highest BCUT2D eigenvalue weighted by molar-refractivity contribution is 4.69. The van der Waals surface area contributed by atoms with E-state index in [0.717, 1.165) is 13.0 Å². The lowest BCUT2D eigenvalue weighted by Gasteiger charge is -2.15. The van der Waals surface area contributed by atoms with E-state index in [0.29, 0.717) is 12.6 Å². The normalized spacial score (nSPS) is 23.8. The van der Waals surface area contributed by atoms with Crippen LogP contribution in [0.4, 0.5) is 8.78 Å². The fourth-order valence-electron chi connectivity index (χ4n) is 1.64. The van der Waals surface area contributed by atoms with E-state index >= 15 is 0 Å². The molecule has 1 saturated heterocycles. The topological polar surface area (TPSA) is 21.3 Å². The van der Waals surface area contributed by atoms with Gasteiger partial charge in [-0.2, -0.15) is 0 Å². The van der Waals surface area contributed by atoms with Gasteiger partial charge in [0.25, 0.3) is 0 Å². The molecule has 1 aliphatic rings. The highest BCUT2D eigenvalue weighted by Crippen LogP contribution is 2.09. The molecule has 0 aliphatic carbocycles. The van der Waals surface area contributed by atoms with Gasteiger partial charge < -0.3 is 10.1 Å². The predicted octanol–water partition coefficient (Wildman–Crippen LogP) is 2.19. The van der Waals surface area contributed by atoms with Gasteiger partial charge in [0.15, 0.2) is 0 Å². The largest absolute Gasteiger partial charge is 0.380 e. The Labute approximate surface area is 84.0 Å². The highest BCUT2D eigenvalue weighted by atomic mass is 19.3. The first-order chi connectivity index (χ1) is 6.79. The quantitative estimate of drug-likeness (QED) is 0.698. The Bertz CT molecular complexity index is 136. The Morgan fingerprint density at radius 3 is 2.93 bits per heavy atom. The number of hydrogen-bond donors (Lipinski definition) is 1. The SMILES string of the molecule is FC(F)CCOCC1CCCCCN1. The van der Waals surface area contributed by atoms with Crippen molar-refractivity contribution in [3.63, 3.8) is 0 Å². The van der Waals surface area contributed by atoms with Crippen LogP contribution in [-0.2, 0) is 4.74 Å². The predicted molar refractivity (Wildman–Crippen MR) is 51.7 cm³/mol. The number of halogens is 2. The molecule has 0 bridgehead atoms. The molecule has 1 fully saturated rings. The minimum atomic E-state index is -2.24. The van der Waals surface area contributed by atoms with Crippen LogP contribution in [0.1, 0.15) is 32.1 Å². The molecule has 0 aromatic heterocycles. The van der Waals surface area contributed by atoms with E-state index in [-0.39, 0.29) is 13.0 Å². The van der Waals surface area contributed by atoms with E-state index in [4.69, 9.17) is 4.74 Å². The lowest BCUT2D eigenvalue weighted by molar-refractivity contribution is 0.0567. The molecular formula is C10H19F2NO. The summed E-state index contributed by atoms with van der Waals surface area (Å²) < 4.78 is 28.7. The molecule has 1 N–H and O–H groups in total. The summed E-state index contributed by atoms with van der Waals surface area (Å²) in [6, 6.07) is 0.371. The third kappa shape index (κ3) is 5.50. The van der Waals surface area contributed by atoms with E-state index < -0.39 is 6.43 Å². The summed E-state index contributed by atoms with van der Waals surface area (Å²) in [4.78, 5) is 0.